The number of nitrogens with one attached hydrogen (secondary N) is 2. The van der Waals surface area contributed by atoms with Crippen molar-refractivity contribution in [3.8, 4) is 11.4 Å². The van der Waals surface area contributed by atoms with Crippen LogP contribution >= 0.6 is 11.8 Å². The molecule has 0 saturated carbocycles. The molecule has 26 heavy (non-hydrogen) atoms. The summed E-state index contributed by atoms with van der Waals surface area (Å²) in [4.78, 5) is 16.8. The average Bonchev–Trinajstić information content (AvgIpc) is 3.06. The van der Waals surface area contributed by atoms with E-state index in [9.17, 15) is 9.18 Å². The molecule has 0 aliphatic rings. The zero-order valence-corrected chi connectivity index (χ0v) is 15.5. The van der Waals surface area contributed by atoms with E-state index in [1.54, 1.807) is 25.1 Å². The van der Waals surface area contributed by atoms with Crippen molar-refractivity contribution in [2.75, 3.05) is 5.32 Å². The van der Waals surface area contributed by atoms with Crippen LogP contribution in [0, 0.1) is 19.7 Å². The van der Waals surface area contributed by atoms with Gasteiger partial charge in [0.2, 0.25) is 11.1 Å². The van der Waals surface area contributed by atoms with Crippen molar-refractivity contribution >= 4 is 23.4 Å². The molecule has 0 bridgehead atoms. The molecule has 0 aliphatic heterocycles. The molecule has 0 fully saturated rings. The molecule has 2 aromatic carbocycles. The Morgan fingerprint density at radius 1 is 1.15 bits per heavy atom. The number of carbonyl (C=O) groups excluding carboxylic acids is 1. The van der Waals surface area contributed by atoms with Crippen LogP contribution in [0.1, 0.15) is 18.1 Å². The summed E-state index contributed by atoms with van der Waals surface area (Å²) in [5.41, 5.74) is 3.19. The predicted octanol–water partition coefficient (Wildman–Crippen LogP) is 4.35. The number of rotatable bonds is 5. The first-order chi connectivity index (χ1) is 12.5. The van der Waals surface area contributed by atoms with Gasteiger partial charge in [-0.2, -0.15) is 0 Å². The summed E-state index contributed by atoms with van der Waals surface area (Å²) in [5.74, 6) is -0.168. The quantitative estimate of drug-likeness (QED) is 0.655. The molecular weight excluding hydrogens is 351 g/mol. The maximum atomic E-state index is 13.8. The van der Waals surface area contributed by atoms with E-state index in [1.165, 1.54) is 17.8 Å². The van der Waals surface area contributed by atoms with Crippen molar-refractivity contribution in [3.05, 3.63) is 59.4 Å². The van der Waals surface area contributed by atoms with Gasteiger partial charge in [-0.05, 0) is 44.0 Å². The molecule has 1 aromatic heterocycles. The monoisotopic (exact) mass is 370 g/mol. The van der Waals surface area contributed by atoms with Crippen LogP contribution in [0.3, 0.4) is 0 Å². The number of hydrogen-bond acceptors (Lipinski definition) is 4. The fraction of sp³-hybridized carbons (Fsp3) is 0.211. The number of halogens is 1. The molecule has 0 aliphatic carbocycles. The minimum absolute atomic E-state index is 0.135. The molecule has 134 valence electrons. The summed E-state index contributed by atoms with van der Waals surface area (Å²) in [6.45, 7) is 5.69. The van der Waals surface area contributed by atoms with Crippen LogP contribution < -0.4 is 5.32 Å². The topological polar surface area (TPSA) is 70.7 Å². The minimum Gasteiger partial charge on any atom is -0.325 e. The number of H-pyrrole nitrogens is 1. The number of aromatic nitrogens is 3. The third-order valence-electron chi connectivity index (χ3n) is 3.97. The second-order valence-corrected chi connectivity index (χ2v) is 7.27. The molecule has 3 aromatic rings. The molecule has 1 amide bonds. The van der Waals surface area contributed by atoms with E-state index in [0.29, 0.717) is 16.5 Å². The lowest BCUT2D eigenvalue weighted by atomic mass is 10.1. The highest BCUT2D eigenvalue weighted by atomic mass is 32.2. The Morgan fingerprint density at radius 2 is 1.85 bits per heavy atom. The van der Waals surface area contributed by atoms with Crippen LogP contribution in [0.25, 0.3) is 11.4 Å². The van der Waals surface area contributed by atoms with Crippen molar-refractivity contribution in [3.63, 3.8) is 0 Å². The number of aromatic amines is 1. The number of aryl methyl sites for hydroxylation is 2. The second-order valence-electron chi connectivity index (χ2n) is 5.96. The van der Waals surface area contributed by atoms with Gasteiger partial charge >= 0.3 is 0 Å². The first-order valence-electron chi connectivity index (χ1n) is 8.16. The highest BCUT2D eigenvalue weighted by molar-refractivity contribution is 8.00. The number of carbonyl (C=O) groups is 1. The van der Waals surface area contributed by atoms with Crippen LogP contribution in [0.15, 0.2) is 47.6 Å². The summed E-state index contributed by atoms with van der Waals surface area (Å²) in [5, 5.41) is 9.75. The predicted molar refractivity (Wildman–Crippen MR) is 102 cm³/mol. The van der Waals surface area contributed by atoms with Crippen LogP contribution in [0.4, 0.5) is 10.1 Å². The fourth-order valence-electron chi connectivity index (χ4n) is 2.52. The minimum atomic E-state index is -0.404. The number of hydrogen-bond donors (Lipinski definition) is 2. The zero-order chi connectivity index (χ0) is 18.7. The number of anilines is 1. The first-order valence-corrected chi connectivity index (χ1v) is 9.04. The van der Waals surface area contributed by atoms with Gasteiger partial charge in [-0.3, -0.25) is 9.89 Å². The summed E-state index contributed by atoms with van der Waals surface area (Å²) in [7, 11) is 0. The Labute approximate surface area is 155 Å². The number of nitrogens with zero attached hydrogens (tertiary/aromatic N) is 2. The molecule has 5 nitrogen and oxygen atoms in total. The van der Waals surface area contributed by atoms with Crippen molar-refractivity contribution in [2.45, 2.75) is 31.2 Å². The first kappa shape index (κ1) is 18.1. The Kier molecular flexibility index (Phi) is 5.37. The molecule has 7 heteroatoms. The van der Waals surface area contributed by atoms with Crippen LogP contribution in [-0.4, -0.2) is 26.3 Å². The molecule has 0 radical (unpaired) electrons. The SMILES string of the molecule is Cc1cccc(C)c1NC(=O)[C@H](C)Sc1n[nH]c(-c2ccccc2F)n1. The number of para-hydroxylation sites is 1. The van der Waals surface area contributed by atoms with Gasteiger partial charge in [-0.15, -0.1) is 5.10 Å². The van der Waals surface area contributed by atoms with E-state index in [-0.39, 0.29) is 11.7 Å². The lowest BCUT2D eigenvalue weighted by Crippen LogP contribution is -2.23. The van der Waals surface area contributed by atoms with Crippen LogP contribution in [0.5, 0.6) is 0 Å². The largest absolute Gasteiger partial charge is 0.325 e. The van der Waals surface area contributed by atoms with Gasteiger partial charge in [-0.1, -0.05) is 42.1 Å². The maximum absolute atomic E-state index is 13.8. The Hall–Kier alpha value is -2.67. The van der Waals surface area contributed by atoms with E-state index in [2.05, 4.69) is 20.5 Å². The molecule has 1 atom stereocenters. The van der Waals surface area contributed by atoms with E-state index < -0.39 is 5.25 Å². The lowest BCUT2D eigenvalue weighted by Gasteiger charge is -2.14. The molecule has 0 saturated heterocycles. The van der Waals surface area contributed by atoms with Crippen LogP contribution in [-0.2, 0) is 4.79 Å². The van der Waals surface area contributed by atoms with Gasteiger partial charge in [0, 0.05) is 5.69 Å². The Balaban J connectivity index is 1.69. The Bertz CT molecular complexity index is 921. The molecule has 1 heterocycles. The van der Waals surface area contributed by atoms with Crippen molar-refractivity contribution in [2.24, 2.45) is 0 Å². The molecule has 3 rings (SSSR count). The van der Waals surface area contributed by atoms with Gasteiger partial charge in [0.25, 0.3) is 0 Å². The summed E-state index contributed by atoms with van der Waals surface area (Å²) < 4.78 is 13.8. The van der Waals surface area contributed by atoms with Crippen LogP contribution in [0.2, 0.25) is 0 Å². The highest BCUT2D eigenvalue weighted by Gasteiger charge is 2.19. The standard InChI is InChI=1S/C19H19FN4OS/c1-11-7-6-8-12(2)16(11)21-18(25)13(3)26-19-22-17(23-24-19)14-9-4-5-10-15(14)20/h4-10,13H,1-3H3,(H,21,25)(H,22,23,24)/t13-/m0/s1. The van der Waals surface area contributed by atoms with Gasteiger partial charge < -0.3 is 5.32 Å². The molecule has 0 spiro atoms. The third-order valence-corrected chi connectivity index (χ3v) is 4.94. The van der Waals surface area contributed by atoms with Gasteiger partial charge in [0.05, 0.1) is 10.8 Å². The fourth-order valence-corrected chi connectivity index (χ4v) is 3.25. The molecule has 0 unspecified atom stereocenters. The molecule has 2 N–H and O–H groups in total. The van der Waals surface area contributed by atoms with Gasteiger partial charge in [-0.25, -0.2) is 9.37 Å². The number of amides is 1. The normalized spacial score (nSPS) is 12.0. The second kappa shape index (κ2) is 7.70. The van der Waals surface area contributed by atoms with Gasteiger partial charge in [0.1, 0.15) is 5.82 Å². The smallest absolute Gasteiger partial charge is 0.237 e. The summed E-state index contributed by atoms with van der Waals surface area (Å²) >= 11 is 1.22. The highest BCUT2D eigenvalue weighted by Crippen LogP contribution is 2.26. The van der Waals surface area contributed by atoms with E-state index >= 15 is 0 Å². The van der Waals surface area contributed by atoms with E-state index in [0.717, 1.165) is 16.8 Å². The van der Waals surface area contributed by atoms with Crippen molar-refractivity contribution < 1.29 is 9.18 Å². The van der Waals surface area contributed by atoms with Gasteiger partial charge in [0.15, 0.2) is 5.82 Å². The van der Waals surface area contributed by atoms with E-state index in [4.69, 9.17) is 0 Å². The van der Waals surface area contributed by atoms with E-state index in [1.807, 2.05) is 32.0 Å². The summed E-state index contributed by atoms with van der Waals surface area (Å²) in [6.07, 6.45) is 0. The zero-order valence-electron chi connectivity index (χ0n) is 14.7. The van der Waals surface area contributed by atoms with Crippen molar-refractivity contribution in [1.82, 2.24) is 15.2 Å². The Morgan fingerprint density at radius 3 is 2.54 bits per heavy atom. The molecular formula is C19H19FN4OS. The lowest BCUT2D eigenvalue weighted by molar-refractivity contribution is -0.115. The third kappa shape index (κ3) is 3.94. The number of thioether (sulfide) groups is 1. The average molecular weight is 370 g/mol. The summed E-state index contributed by atoms with van der Waals surface area (Å²) in [6, 6.07) is 12.2. The van der Waals surface area contributed by atoms with Crippen molar-refractivity contribution in [1.29, 1.82) is 0 Å². The maximum Gasteiger partial charge on any atom is 0.237 e. The number of benzene rings is 2.